The van der Waals surface area contributed by atoms with Gasteiger partial charge in [-0.05, 0) is 40.5 Å². The smallest absolute Gasteiger partial charge is 0.142 e. The van der Waals surface area contributed by atoms with E-state index in [1.54, 1.807) is 12.1 Å². The van der Waals surface area contributed by atoms with Gasteiger partial charge in [-0.1, -0.05) is 60.1 Å². The van der Waals surface area contributed by atoms with Gasteiger partial charge in [0.1, 0.15) is 5.82 Å². The van der Waals surface area contributed by atoms with Crippen molar-refractivity contribution in [1.82, 2.24) is 0 Å². The van der Waals surface area contributed by atoms with E-state index in [2.05, 4.69) is 13.0 Å². The third-order valence-electron chi connectivity index (χ3n) is 3.83. The summed E-state index contributed by atoms with van der Waals surface area (Å²) in [5.41, 5.74) is 9.09. The molecule has 0 spiro atoms. The van der Waals surface area contributed by atoms with Crippen molar-refractivity contribution in [1.29, 1.82) is 0 Å². The first kappa shape index (κ1) is 14.1. The fraction of sp³-hybridized carbons (Fsp3) is 0.111. The number of halogens is 2. The summed E-state index contributed by atoms with van der Waals surface area (Å²) in [6.45, 7) is 2.06. The molecule has 2 N–H and O–H groups in total. The molecule has 21 heavy (non-hydrogen) atoms. The largest absolute Gasteiger partial charge is 0.320 e. The molecule has 0 heterocycles. The number of benzene rings is 3. The lowest BCUT2D eigenvalue weighted by Crippen LogP contribution is -2.13. The van der Waals surface area contributed by atoms with Gasteiger partial charge in [-0.15, -0.1) is 0 Å². The second-order valence-electron chi connectivity index (χ2n) is 5.14. The third kappa shape index (κ3) is 2.41. The van der Waals surface area contributed by atoms with Crippen LogP contribution in [0.2, 0.25) is 5.02 Å². The van der Waals surface area contributed by atoms with E-state index in [-0.39, 0.29) is 5.02 Å². The molecule has 1 atom stereocenters. The molecule has 1 unspecified atom stereocenters. The maximum atomic E-state index is 13.6. The van der Waals surface area contributed by atoms with Crippen LogP contribution in [0.25, 0.3) is 10.8 Å². The summed E-state index contributed by atoms with van der Waals surface area (Å²) < 4.78 is 13.6. The number of aryl methyl sites for hydroxylation is 1. The van der Waals surface area contributed by atoms with Crippen LogP contribution in [-0.2, 0) is 0 Å². The van der Waals surface area contributed by atoms with E-state index in [9.17, 15) is 4.39 Å². The van der Waals surface area contributed by atoms with Crippen LogP contribution in [0, 0.1) is 12.7 Å². The highest BCUT2D eigenvalue weighted by Gasteiger charge is 2.17. The molecule has 3 rings (SSSR count). The van der Waals surface area contributed by atoms with E-state index in [1.165, 1.54) is 11.6 Å². The van der Waals surface area contributed by atoms with Gasteiger partial charge in [-0.2, -0.15) is 0 Å². The van der Waals surface area contributed by atoms with E-state index in [0.29, 0.717) is 5.56 Å². The van der Waals surface area contributed by atoms with Gasteiger partial charge < -0.3 is 5.73 Å². The first-order chi connectivity index (χ1) is 10.1. The summed E-state index contributed by atoms with van der Waals surface area (Å²) in [5.74, 6) is -0.443. The van der Waals surface area contributed by atoms with Crippen molar-refractivity contribution < 1.29 is 4.39 Å². The van der Waals surface area contributed by atoms with Crippen molar-refractivity contribution in [3.8, 4) is 0 Å². The van der Waals surface area contributed by atoms with Gasteiger partial charge in [0.15, 0.2) is 0 Å². The second-order valence-corrected chi connectivity index (χ2v) is 5.52. The normalized spacial score (nSPS) is 12.6. The summed E-state index contributed by atoms with van der Waals surface area (Å²) in [4.78, 5) is 0. The van der Waals surface area contributed by atoms with Crippen LogP contribution in [0.5, 0.6) is 0 Å². The third-order valence-corrected chi connectivity index (χ3v) is 4.23. The van der Waals surface area contributed by atoms with Gasteiger partial charge in [0, 0.05) is 0 Å². The molecule has 0 aliphatic heterocycles. The monoisotopic (exact) mass is 299 g/mol. The molecule has 0 saturated carbocycles. The highest BCUT2D eigenvalue weighted by molar-refractivity contribution is 6.31. The molecule has 0 saturated heterocycles. The molecule has 0 aliphatic carbocycles. The molecule has 3 aromatic rings. The summed E-state index contributed by atoms with van der Waals surface area (Å²) in [6, 6.07) is 16.4. The number of rotatable bonds is 2. The summed E-state index contributed by atoms with van der Waals surface area (Å²) in [5, 5.41) is 2.32. The molecule has 0 radical (unpaired) electrons. The van der Waals surface area contributed by atoms with E-state index in [4.69, 9.17) is 17.3 Å². The molecule has 0 aromatic heterocycles. The Kier molecular flexibility index (Phi) is 3.66. The fourth-order valence-electron chi connectivity index (χ4n) is 2.67. The summed E-state index contributed by atoms with van der Waals surface area (Å²) >= 11 is 6.07. The Bertz CT molecular complexity index is 813. The predicted octanol–water partition coefficient (Wildman–Crippen LogP) is 4.99. The Labute approximate surface area is 128 Å². The fourth-order valence-corrected chi connectivity index (χ4v) is 2.92. The minimum Gasteiger partial charge on any atom is -0.320 e. The molecule has 106 valence electrons. The lowest BCUT2D eigenvalue weighted by atomic mass is 9.92. The zero-order valence-electron chi connectivity index (χ0n) is 11.6. The van der Waals surface area contributed by atoms with Gasteiger partial charge in [0.25, 0.3) is 0 Å². The lowest BCUT2D eigenvalue weighted by Gasteiger charge is -2.17. The first-order valence-corrected chi connectivity index (χ1v) is 7.15. The molecule has 0 bridgehead atoms. The van der Waals surface area contributed by atoms with Gasteiger partial charge in [-0.3, -0.25) is 0 Å². The van der Waals surface area contributed by atoms with Gasteiger partial charge >= 0.3 is 0 Å². The Hall–Kier alpha value is -1.90. The molecule has 0 fully saturated rings. The minimum absolute atomic E-state index is 0.0923. The first-order valence-electron chi connectivity index (χ1n) is 6.77. The minimum atomic E-state index is -0.460. The highest BCUT2D eigenvalue weighted by Crippen LogP contribution is 2.33. The molecule has 0 amide bonds. The van der Waals surface area contributed by atoms with Gasteiger partial charge in [0.05, 0.1) is 11.1 Å². The van der Waals surface area contributed by atoms with Crippen molar-refractivity contribution in [3.05, 3.63) is 82.1 Å². The standard InChI is InChI=1S/C18H15ClFN/c1-11-9-10-14(13-6-3-2-5-12(11)13)18(21)15-7-4-8-16(20)17(15)19/h2-10,18H,21H2,1H3. The number of nitrogens with two attached hydrogens (primary N) is 1. The van der Waals surface area contributed by atoms with E-state index >= 15 is 0 Å². The molecule has 1 nitrogen and oxygen atoms in total. The average molecular weight is 300 g/mol. The maximum absolute atomic E-state index is 13.6. The number of hydrogen-bond acceptors (Lipinski definition) is 1. The van der Waals surface area contributed by atoms with Crippen LogP contribution < -0.4 is 5.73 Å². The Balaban J connectivity index is 2.21. The van der Waals surface area contributed by atoms with E-state index < -0.39 is 11.9 Å². The summed E-state index contributed by atoms with van der Waals surface area (Å²) in [6.07, 6.45) is 0. The van der Waals surface area contributed by atoms with Crippen LogP contribution in [0.1, 0.15) is 22.7 Å². The van der Waals surface area contributed by atoms with Crippen LogP contribution in [0.15, 0.2) is 54.6 Å². The molecule has 3 aromatic carbocycles. The van der Waals surface area contributed by atoms with E-state index in [0.717, 1.165) is 16.3 Å². The highest BCUT2D eigenvalue weighted by atomic mass is 35.5. The molecular formula is C18H15ClFN. The van der Waals surface area contributed by atoms with Crippen LogP contribution in [-0.4, -0.2) is 0 Å². The van der Waals surface area contributed by atoms with Crippen LogP contribution in [0.3, 0.4) is 0 Å². The van der Waals surface area contributed by atoms with Gasteiger partial charge in [0.2, 0.25) is 0 Å². The maximum Gasteiger partial charge on any atom is 0.142 e. The molecule has 3 heteroatoms. The molecular weight excluding hydrogens is 285 g/mol. The number of hydrogen-bond donors (Lipinski definition) is 1. The predicted molar refractivity (Wildman–Crippen MR) is 86.1 cm³/mol. The van der Waals surface area contributed by atoms with Gasteiger partial charge in [-0.25, -0.2) is 4.39 Å². The Morgan fingerprint density at radius 2 is 1.62 bits per heavy atom. The second kappa shape index (κ2) is 5.47. The zero-order chi connectivity index (χ0) is 15.0. The van der Waals surface area contributed by atoms with Crippen molar-refractivity contribution in [2.75, 3.05) is 0 Å². The average Bonchev–Trinajstić information content (AvgIpc) is 2.50. The molecule has 0 aliphatic rings. The summed E-state index contributed by atoms with van der Waals surface area (Å²) in [7, 11) is 0. The van der Waals surface area contributed by atoms with Crippen LogP contribution >= 0.6 is 11.6 Å². The van der Waals surface area contributed by atoms with Crippen molar-refractivity contribution in [2.24, 2.45) is 5.73 Å². The van der Waals surface area contributed by atoms with E-state index in [1.807, 2.05) is 30.3 Å². The quantitative estimate of drug-likeness (QED) is 0.709. The number of fused-ring (bicyclic) bond motifs is 1. The zero-order valence-corrected chi connectivity index (χ0v) is 12.4. The van der Waals surface area contributed by atoms with Crippen molar-refractivity contribution in [3.63, 3.8) is 0 Å². The van der Waals surface area contributed by atoms with Crippen LogP contribution in [0.4, 0.5) is 4.39 Å². The van der Waals surface area contributed by atoms with Crippen molar-refractivity contribution in [2.45, 2.75) is 13.0 Å². The topological polar surface area (TPSA) is 26.0 Å². The van der Waals surface area contributed by atoms with Crippen molar-refractivity contribution >= 4 is 22.4 Å². The lowest BCUT2D eigenvalue weighted by molar-refractivity contribution is 0.624. The Morgan fingerprint density at radius 3 is 2.38 bits per heavy atom. The SMILES string of the molecule is Cc1ccc(C(N)c2cccc(F)c2Cl)c2ccccc12. The Morgan fingerprint density at radius 1 is 0.905 bits per heavy atom.